The Kier molecular flexibility index (Phi) is 5.83. The van der Waals surface area contributed by atoms with Gasteiger partial charge in [-0.3, -0.25) is 9.59 Å². The predicted molar refractivity (Wildman–Crippen MR) is 108 cm³/mol. The third kappa shape index (κ3) is 5.15. The second kappa shape index (κ2) is 8.46. The number of benzene rings is 2. The molecule has 1 heterocycles. The van der Waals surface area contributed by atoms with E-state index in [1.165, 1.54) is 18.3 Å². The van der Waals surface area contributed by atoms with Gasteiger partial charge in [0.25, 0.3) is 0 Å². The van der Waals surface area contributed by atoms with Crippen LogP contribution >= 0.6 is 11.3 Å². The standard InChI is InChI=1S/C20H20N4O2S/c1-13(25)22-17(11-14-5-3-2-4-6-14)19(26)23-16-9-7-15(8-10-16)18-12-27-20(21)24-18/h2-10,12,17H,11H2,1H3,(H2,21,24)(H,22,25)(H,23,26)/t17-/m0/s1. The van der Waals surface area contributed by atoms with Crippen LogP contribution in [0.5, 0.6) is 0 Å². The third-order valence-corrected chi connectivity index (χ3v) is 4.62. The Morgan fingerprint density at radius 2 is 1.81 bits per heavy atom. The summed E-state index contributed by atoms with van der Waals surface area (Å²) in [6, 6.07) is 16.3. The van der Waals surface area contributed by atoms with E-state index in [9.17, 15) is 9.59 Å². The zero-order valence-corrected chi connectivity index (χ0v) is 15.6. The lowest BCUT2D eigenvalue weighted by atomic mass is 10.0. The molecule has 6 nitrogen and oxygen atoms in total. The number of hydrogen-bond acceptors (Lipinski definition) is 5. The minimum Gasteiger partial charge on any atom is -0.375 e. The first-order chi connectivity index (χ1) is 13.0. The van der Waals surface area contributed by atoms with Crippen LogP contribution < -0.4 is 16.4 Å². The van der Waals surface area contributed by atoms with Gasteiger partial charge in [-0.05, 0) is 17.7 Å². The molecule has 1 aromatic heterocycles. The Labute approximate surface area is 161 Å². The van der Waals surface area contributed by atoms with E-state index < -0.39 is 6.04 Å². The van der Waals surface area contributed by atoms with Crippen LogP contribution in [-0.2, 0) is 16.0 Å². The molecular formula is C20H20N4O2S. The fourth-order valence-corrected chi connectivity index (χ4v) is 3.25. The molecule has 0 radical (unpaired) electrons. The number of nitrogens with zero attached hydrogens (tertiary/aromatic N) is 1. The Balaban J connectivity index is 1.69. The normalized spacial score (nSPS) is 11.6. The summed E-state index contributed by atoms with van der Waals surface area (Å²) in [5, 5.41) is 7.97. The van der Waals surface area contributed by atoms with Crippen molar-refractivity contribution in [2.24, 2.45) is 0 Å². The number of nitrogen functional groups attached to an aromatic ring is 1. The average molecular weight is 380 g/mol. The van der Waals surface area contributed by atoms with Crippen molar-refractivity contribution in [3.05, 3.63) is 65.5 Å². The van der Waals surface area contributed by atoms with Crippen molar-refractivity contribution in [1.29, 1.82) is 0 Å². The lowest BCUT2D eigenvalue weighted by Gasteiger charge is -2.18. The number of anilines is 2. The van der Waals surface area contributed by atoms with Gasteiger partial charge in [-0.1, -0.05) is 42.5 Å². The van der Waals surface area contributed by atoms with Crippen LogP contribution in [0.4, 0.5) is 10.8 Å². The number of nitrogens with one attached hydrogen (secondary N) is 2. The van der Waals surface area contributed by atoms with E-state index in [4.69, 9.17) is 5.73 Å². The molecule has 0 bridgehead atoms. The zero-order valence-electron chi connectivity index (χ0n) is 14.8. The Morgan fingerprint density at radius 3 is 2.41 bits per heavy atom. The number of carbonyl (C=O) groups is 2. The van der Waals surface area contributed by atoms with Gasteiger partial charge in [0.15, 0.2) is 5.13 Å². The van der Waals surface area contributed by atoms with E-state index in [2.05, 4.69) is 15.6 Å². The first-order valence-electron chi connectivity index (χ1n) is 8.44. The van der Waals surface area contributed by atoms with Crippen LogP contribution in [0.3, 0.4) is 0 Å². The molecule has 0 saturated heterocycles. The van der Waals surface area contributed by atoms with Crippen molar-refractivity contribution in [2.75, 3.05) is 11.1 Å². The maximum atomic E-state index is 12.7. The lowest BCUT2D eigenvalue weighted by molar-refractivity contribution is -0.125. The van der Waals surface area contributed by atoms with Gasteiger partial charge in [0.1, 0.15) is 6.04 Å². The van der Waals surface area contributed by atoms with Crippen molar-refractivity contribution in [2.45, 2.75) is 19.4 Å². The molecule has 138 valence electrons. The van der Waals surface area contributed by atoms with Crippen molar-refractivity contribution in [1.82, 2.24) is 10.3 Å². The number of thiazole rings is 1. The third-order valence-electron chi connectivity index (χ3n) is 3.95. The Hall–Kier alpha value is -3.19. The van der Waals surface area contributed by atoms with Gasteiger partial charge >= 0.3 is 0 Å². The van der Waals surface area contributed by atoms with Crippen molar-refractivity contribution >= 4 is 34.0 Å². The van der Waals surface area contributed by atoms with E-state index >= 15 is 0 Å². The first-order valence-corrected chi connectivity index (χ1v) is 9.32. The zero-order chi connectivity index (χ0) is 19.2. The smallest absolute Gasteiger partial charge is 0.247 e. The summed E-state index contributed by atoms with van der Waals surface area (Å²) in [6.45, 7) is 1.40. The molecule has 0 aliphatic carbocycles. The molecular weight excluding hydrogens is 360 g/mol. The van der Waals surface area contributed by atoms with Gasteiger partial charge in [-0.2, -0.15) is 0 Å². The second-order valence-corrected chi connectivity index (χ2v) is 6.97. The number of amides is 2. The topological polar surface area (TPSA) is 97.1 Å². The first kappa shape index (κ1) is 18.6. The van der Waals surface area contributed by atoms with Gasteiger partial charge in [0, 0.05) is 30.0 Å². The van der Waals surface area contributed by atoms with Gasteiger partial charge in [-0.25, -0.2) is 4.98 Å². The molecule has 4 N–H and O–H groups in total. The van der Waals surface area contributed by atoms with Crippen molar-refractivity contribution in [3.63, 3.8) is 0 Å². The molecule has 0 fully saturated rings. The lowest BCUT2D eigenvalue weighted by Crippen LogP contribution is -2.44. The number of carbonyl (C=O) groups excluding carboxylic acids is 2. The van der Waals surface area contributed by atoms with Gasteiger partial charge < -0.3 is 16.4 Å². The summed E-state index contributed by atoms with van der Waals surface area (Å²) in [5.41, 5.74) is 9.01. The molecule has 0 aliphatic rings. The second-order valence-electron chi connectivity index (χ2n) is 6.08. The monoisotopic (exact) mass is 380 g/mol. The van der Waals surface area contributed by atoms with E-state index in [1.807, 2.05) is 47.8 Å². The summed E-state index contributed by atoms with van der Waals surface area (Å²) in [4.78, 5) is 28.4. The number of aromatic nitrogens is 1. The SMILES string of the molecule is CC(=O)N[C@@H](Cc1ccccc1)C(=O)Nc1ccc(-c2csc(N)n2)cc1. The highest BCUT2D eigenvalue weighted by molar-refractivity contribution is 7.13. The summed E-state index contributed by atoms with van der Waals surface area (Å²) in [5.74, 6) is -0.512. The van der Waals surface area contributed by atoms with E-state index in [-0.39, 0.29) is 11.8 Å². The molecule has 27 heavy (non-hydrogen) atoms. The average Bonchev–Trinajstić information content (AvgIpc) is 3.09. The highest BCUT2D eigenvalue weighted by Gasteiger charge is 2.20. The van der Waals surface area contributed by atoms with Crippen LogP contribution in [0.2, 0.25) is 0 Å². The number of nitrogens with two attached hydrogens (primary N) is 1. The quantitative estimate of drug-likeness (QED) is 0.612. The highest BCUT2D eigenvalue weighted by atomic mass is 32.1. The molecule has 0 unspecified atom stereocenters. The highest BCUT2D eigenvalue weighted by Crippen LogP contribution is 2.24. The van der Waals surface area contributed by atoms with Gasteiger partial charge in [0.05, 0.1) is 5.69 Å². The van der Waals surface area contributed by atoms with E-state index in [1.54, 1.807) is 12.1 Å². The minimum atomic E-state index is -0.650. The molecule has 3 rings (SSSR count). The molecule has 7 heteroatoms. The molecule has 2 amide bonds. The fraction of sp³-hybridized carbons (Fsp3) is 0.150. The molecule has 0 saturated carbocycles. The molecule has 0 aliphatic heterocycles. The maximum Gasteiger partial charge on any atom is 0.247 e. The van der Waals surface area contributed by atoms with E-state index in [0.717, 1.165) is 16.8 Å². The van der Waals surface area contributed by atoms with Crippen LogP contribution in [0.1, 0.15) is 12.5 Å². The maximum absolute atomic E-state index is 12.7. The summed E-state index contributed by atoms with van der Waals surface area (Å²) < 4.78 is 0. The molecule has 0 spiro atoms. The van der Waals surface area contributed by atoms with Crippen LogP contribution in [-0.4, -0.2) is 22.8 Å². The van der Waals surface area contributed by atoms with E-state index in [0.29, 0.717) is 17.2 Å². The van der Waals surface area contributed by atoms with Gasteiger partial charge in [0.2, 0.25) is 11.8 Å². The van der Waals surface area contributed by atoms with Crippen molar-refractivity contribution in [3.8, 4) is 11.3 Å². The largest absolute Gasteiger partial charge is 0.375 e. The minimum absolute atomic E-state index is 0.248. The van der Waals surface area contributed by atoms with Crippen LogP contribution in [0.15, 0.2) is 60.0 Å². The molecule has 3 aromatic rings. The molecule has 1 atom stereocenters. The van der Waals surface area contributed by atoms with Crippen LogP contribution in [0, 0.1) is 0 Å². The summed E-state index contributed by atoms with van der Waals surface area (Å²) >= 11 is 1.38. The van der Waals surface area contributed by atoms with Gasteiger partial charge in [-0.15, -0.1) is 11.3 Å². The Morgan fingerprint density at radius 1 is 1.11 bits per heavy atom. The fourth-order valence-electron chi connectivity index (χ4n) is 2.68. The summed E-state index contributed by atoms with van der Waals surface area (Å²) in [7, 11) is 0. The van der Waals surface area contributed by atoms with Crippen molar-refractivity contribution < 1.29 is 9.59 Å². The predicted octanol–water partition coefficient (Wildman–Crippen LogP) is 3.08. The number of rotatable bonds is 6. The van der Waals surface area contributed by atoms with Crippen LogP contribution in [0.25, 0.3) is 11.3 Å². The Bertz CT molecular complexity index is 923. The molecule has 2 aromatic carbocycles. The summed E-state index contributed by atoms with van der Waals surface area (Å²) in [6.07, 6.45) is 0.419. The number of hydrogen-bond donors (Lipinski definition) is 3.